The van der Waals surface area contributed by atoms with Gasteiger partial charge in [-0.2, -0.15) is 0 Å². The molecule has 3 aromatic rings. The summed E-state index contributed by atoms with van der Waals surface area (Å²) in [5, 5.41) is 5.78. The predicted molar refractivity (Wildman–Crippen MR) is 105 cm³/mol. The van der Waals surface area contributed by atoms with Crippen LogP contribution in [0.3, 0.4) is 0 Å². The first kappa shape index (κ1) is 17.8. The standard InChI is InChI=1S/C21H17FN2OS/c22-17-11-13-18(14-12-17)23-21(26)24-20(25)19(15-7-3-1-4-8-15)16-9-5-2-6-10-16/h1-14,19H,(H2,23,24,25,26). The number of hydrogen-bond acceptors (Lipinski definition) is 2. The van der Waals surface area contributed by atoms with Crippen LogP contribution in [0.4, 0.5) is 10.1 Å². The average Bonchev–Trinajstić information content (AvgIpc) is 2.65. The first-order valence-electron chi connectivity index (χ1n) is 8.11. The number of thiocarbonyl (C=S) groups is 1. The van der Waals surface area contributed by atoms with Crippen molar-refractivity contribution in [2.24, 2.45) is 0 Å². The van der Waals surface area contributed by atoms with Gasteiger partial charge in [0, 0.05) is 5.69 Å². The number of benzene rings is 3. The molecule has 0 saturated carbocycles. The van der Waals surface area contributed by atoms with Crippen molar-refractivity contribution in [2.75, 3.05) is 5.32 Å². The van der Waals surface area contributed by atoms with Crippen LogP contribution >= 0.6 is 12.2 Å². The highest BCUT2D eigenvalue weighted by molar-refractivity contribution is 7.80. The van der Waals surface area contributed by atoms with Crippen LogP contribution in [0.25, 0.3) is 0 Å². The molecule has 0 aliphatic rings. The Balaban J connectivity index is 1.77. The SMILES string of the molecule is O=C(NC(=S)Nc1ccc(F)cc1)C(c1ccccc1)c1ccccc1. The highest BCUT2D eigenvalue weighted by Crippen LogP contribution is 2.24. The lowest BCUT2D eigenvalue weighted by Gasteiger charge is -2.18. The third-order valence-electron chi connectivity index (χ3n) is 3.87. The Morgan fingerprint density at radius 3 is 1.81 bits per heavy atom. The largest absolute Gasteiger partial charge is 0.332 e. The maximum absolute atomic E-state index is 13.0. The fraction of sp³-hybridized carbons (Fsp3) is 0.0476. The molecule has 0 heterocycles. The third kappa shape index (κ3) is 4.52. The van der Waals surface area contributed by atoms with Crippen molar-refractivity contribution >= 4 is 28.9 Å². The number of hydrogen-bond donors (Lipinski definition) is 2. The molecular weight excluding hydrogens is 347 g/mol. The topological polar surface area (TPSA) is 41.1 Å². The first-order chi connectivity index (χ1) is 12.6. The van der Waals surface area contributed by atoms with E-state index in [0.717, 1.165) is 11.1 Å². The fourth-order valence-electron chi connectivity index (χ4n) is 2.67. The number of halogens is 1. The molecule has 2 N–H and O–H groups in total. The summed E-state index contributed by atoms with van der Waals surface area (Å²) in [7, 11) is 0. The number of nitrogens with one attached hydrogen (secondary N) is 2. The molecular formula is C21H17FN2OS. The second kappa shape index (κ2) is 8.36. The second-order valence-electron chi connectivity index (χ2n) is 5.70. The lowest BCUT2D eigenvalue weighted by Crippen LogP contribution is -2.37. The van der Waals surface area contributed by atoms with Gasteiger partial charge in [0.25, 0.3) is 0 Å². The van der Waals surface area contributed by atoms with Crippen molar-refractivity contribution in [2.45, 2.75) is 5.92 Å². The summed E-state index contributed by atoms with van der Waals surface area (Å²) in [5.41, 5.74) is 2.36. The molecule has 0 saturated heterocycles. The van der Waals surface area contributed by atoms with Crippen molar-refractivity contribution in [3.8, 4) is 0 Å². The predicted octanol–water partition coefficient (Wildman–Crippen LogP) is 4.47. The zero-order valence-electron chi connectivity index (χ0n) is 13.9. The molecule has 0 fully saturated rings. The maximum Gasteiger partial charge on any atom is 0.238 e. The molecule has 0 spiro atoms. The molecule has 0 atom stereocenters. The summed E-state index contributed by atoms with van der Waals surface area (Å²) in [6.45, 7) is 0. The summed E-state index contributed by atoms with van der Waals surface area (Å²) in [6, 6.07) is 24.8. The first-order valence-corrected chi connectivity index (χ1v) is 8.51. The maximum atomic E-state index is 13.0. The molecule has 0 aromatic heterocycles. The van der Waals surface area contributed by atoms with Crippen LogP contribution in [0.15, 0.2) is 84.9 Å². The van der Waals surface area contributed by atoms with E-state index in [1.54, 1.807) is 12.1 Å². The second-order valence-corrected chi connectivity index (χ2v) is 6.11. The minimum Gasteiger partial charge on any atom is -0.332 e. The van der Waals surface area contributed by atoms with E-state index in [1.807, 2.05) is 60.7 Å². The average molecular weight is 364 g/mol. The van der Waals surface area contributed by atoms with Crippen molar-refractivity contribution in [3.63, 3.8) is 0 Å². The Morgan fingerprint density at radius 1 is 0.808 bits per heavy atom. The Hall–Kier alpha value is -3.05. The van der Waals surface area contributed by atoms with Gasteiger partial charge >= 0.3 is 0 Å². The van der Waals surface area contributed by atoms with Gasteiger partial charge in [-0.25, -0.2) is 4.39 Å². The Labute approximate surface area is 156 Å². The van der Waals surface area contributed by atoms with Crippen LogP contribution in [0.2, 0.25) is 0 Å². The molecule has 0 aliphatic carbocycles. The van der Waals surface area contributed by atoms with E-state index >= 15 is 0 Å². The van der Waals surface area contributed by atoms with E-state index < -0.39 is 5.92 Å². The van der Waals surface area contributed by atoms with Gasteiger partial charge in [0.1, 0.15) is 5.82 Å². The van der Waals surface area contributed by atoms with E-state index in [1.165, 1.54) is 12.1 Å². The normalized spacial score (nSPS) is 10.4. The molecule has 3 rings (SSSR count). The van der Waals surface area contributed by atoms with E-state index in [9.17, 15) is 9.18 Å². The molecule has 0 aliphatic heterocycles. The molecule has 0 unspecified atom stereocenters. The van der Waals surface area contributed by atoms with Gasteiger partial charge < -0.3 is 10.6 Å². The Kier molecular flexibility index (Phi) is 5.71. The number of anilines is 1. The van der Waals surface area contributed by atoms with Gasteiger partial charge in [0.05, 0.1) is 5.92 Å². The van der Waals surface area contributed by atoms with Crippen LogP contribution in [0.5, 0.6) is 0 Å². The van der Waals surface area contributed by atoms with Crippen LogP contribution < -0.4 is 10.6 Å². The summed E-state index contributed by atoms with van der Waals surface area (Å²) in [5.74, 6) is -1.05. The lowest BCUT2D eigenvalue weighted by atomic mass is 9.90. The quantitative estimate of drug-likeness (QED) is 0.671. The third-order valence-corrected chi connectivity index (χ3v) is 4.07. The highest BCUT2D eigenvalue weighted by Gasteiger charge is 2.23. The van der Waals surface area contributed by atoms with Crippen molar-refractivity contribution in [3.05, 3.63) is 102 Å². The van der Waals surface area contributed by atoms with E-state index in [0.29, 0.717) is 5.69 Å². The Bertz CT molecular complexity index is 843. The minimum atomic E-state index is -0.481. The van der Waals surface area contributed by atoms with E-state index in [4.69, 9.17) is 12.2 Å². The van der Waals surface area contributed by atoms with Crippen molar-refractivity contribution < 1.29 is 9.18 Å². The number of amides is 1. The van der Waals surface area contributed by atoms with E-state index in [-0.39, 0.29) is 16.8 Å². The van der Waals surface area contributed by atoms with Crippen LogP contribution in [0, 0.1) is 5.82 Å². The zero-order chi connectivity index (χ0) is 18.4. The molecule has 3 aromatic carbocycles. The van der Waals surface area contributed by atoms with E-state index in [2.05, 4.69) is 10.6 Å². The summed E-state index contributed by atoms with van der Waals surface area (Å²) in [6.07, 6.45) is 0. The van der Waals surface area contributed by atoms with Crippen molar-refractivity contribution in [1.82, 2.24) is 5.32 Å². The number of carbonyl (C=O) groups is 1. The van der Waals surface area contributed by atoms with Crippen LogP contribution in [0.1, 0.15) is 17.0 Å². The van der Waals surface area contributed by atoms with Crippen LogP contribution in [-0.2, 0) is 4.79 Å². The molecule has 3 nitrogen and oxygen atoms in total. The van der Waals surface area contributed by atoms with Crippen LogP contribution in [-0.4, -0.2) is 11.0 Å². The lowest BCUT2D eigenvalue weighted by molar-refractivity contribution is -0.120. The monoisotopic (exact) mass is 364 g/mol. The van der Waals surface area contributed by atoms with Gasteiger partial charge in [-0.3, -0.25) is 4.79 Å². The zero-order valence-corrected chi connectivity index (χ0v) is 14.7. The molecule has 130 valence electrons. The van der Waals surface area contributed by atoms with Gasteiger partial charge in [-0.1, -0.05) is 60.7 Å². The fourth-order valence-corrected chi connectivity index (χ4v) is 2.88. The smallest absolute Gasteiger partial charge is 0.238 e. The van der Waals surface area contributed by atoms with Gasteiger partial charge in [-0.05, 0) is 47.6 Å². The summed E-state index contributed by atoms with van der Waals surface area (Å²) < 4.78 is 13.0. The molecule has 1 amide bonds. The number of rotatable bonds is 4. The van der Waals surface area contributed by atoms with Gasteiger partial charge in [-0.15, -0.1) is 0 Å². The summed E-state index contributed by atoms with van der Waals surface area (Å²) >= 11 is 5.23. The molecule has 0 bridgehead atoms. The Morgan fingerprint density at radius 2 is 1.31 bits per heavy atom. The molecule has 5 heteroatoms. The molecule has 0 radical (unpaired) electrons. The number of carbonyl (C=O) groups excluding carboxylic acids is 1. The highest BCUT2D eigenvalue weighted by atomic mass is 32.1. The molecule has 26 heavy (non-hydrogen) atoms. The minimum absolute atomic E-state index is 0.165. The van der Waals surface area contributed by atoms with Gasteiger partial charge in [0.15, 0.2) is 5.11 Å². The summed E-state index contributed by atoms with van der Waals surface area (Å²) in [4.78, 5) is 12.9. The van der Waals surface area contributed by atoms with Crippen molar-refractivity contribution in [1.29, 1.82) is 0 Å². The van der Waals surface area contributed by atoms with Gasteiger partial charge in [0.2, 0.25) is 5.91 Å².